The molecule has 0 aliphatic heterocycles. The average Bonchev–Trinajstić information content (AvgIpc) is 2.65. The van der Waals surface area contributed by atoms with E-state index < -0.39 is 15.9 Å². The maximum absolute atomic E-state index is 7.92. The van der Waals surface area contributed by atoms with Gasteiger partial charge in [0.2, 0.25) is 0 Å². The Kier molecular flexibility index (Phi) is 8.45. The Morgan fingerprint density at radius 2 is 0.939 bits per heavy atom. The van der Waals surface area contributed by atoms with Crippen LogP contribution in [0.5, 0.6) is 0 Å². The van der Waals surface area contributed by atoms with Gasteiger partial charge in [0.05, 0.1) is 21.6 Å². The predicted molar refractivity (Wildman–Crippen MR) is 155 cm³/mol. The zero-order valence-corrected chi connectivity index (χ0v) is 27.3. The first-order valence-corrected chi connectivity index (χ1v) is 20.9. The molecular formula is C29H57OSi3. The molecule has 4 aliphatic carbocycles. The van der Waals surface area contributed by atoms with Crippen LogP contribution in [0, 0.1) is 23.2 Å². The molecule has 0 atom stereocenters. The van der Waals surface area contributed by atoms with Crippen molar-refractivity contribution in [2.24, 2.45) is 23.2 Å². The van der Waals surface area contributed by atoms with Gasteiger partial charge in [0, 0.05) is 5.41 Å². The third-order valence-electron chi connectivity index (χ3n) is 10.7. The first kappa shape index (κ1) is 27.9. The van der Waals surface area contributed by atoms with Crippen molar-refractivity contribution in [3.05, 3.63) is 0 Å². The molecule has 0 saturated heterocycles. The monoisotopic (exact) mass is 505 g/mol. The van der Waals surface area contributed by atoms with E-state index in [1.807, 2.05) is 0 Å². The average molecular weight is 506 g/mol. The largest absolute Gasteiger partial charge is 0.550 e. The summed E-state index contributed by atoms with van der Waals surface area (Å²) in [5.41, 5.74) is 4.86. The molecule has 0 aromatic rings. The molecule has 33 heavy (non-hydrogen) atoms. The van der Waals surface area contributed by atoms with E-state index in [1.54, 1.807) is 5.35 Å². The minimum atomic E-state index is -1.95. The van der Waals surface area contributed by atoms with Crippen molar-refractivity contribution in [3.63, 3.8) is 0 Å². The molecule has 4 aliphatic rings. The van der Waals surface area contributed by atoms with Gasteiger partial charge in [-0.1, -0.05) is 83.1 Å². The summed E-state index contributed by atoms with van der Waals surface area (Å²) >= 11 is 0. The Balaban J connectivity index is 2.22. The van der Waals surface area contributed by atoms with Crippen LogP contribution in [0.15, 0.2) is 0 Å². The molecule has 0 amide bonds. The van der Waals surface area contributed by atoms with Gasteiger partial charge in [-0.3, -0.25) is 0 Å². The standard InChI is InChI=1S/C29H57OSi3/c1-19(2)32(20(3)4,21(5)6)30-28(31-33(22(7)8,23(9)10)24(11)12)29-16-25-13-26(17-29)15-27(14-25)18-29/h19-27H,13-18H2,1-12H3. The Labute approximate surface area is 212 Å². The second-order valence-corrected chi connectivity index (χ2v) is 29.2. The Bertz CT molecular complexity index is 625. The van der Waals surface area contributed by atoms with Gasteiger partial charge in [0.1, 0.15) is 0 Å². The van der Waals surface area contributed by atoms with Gasteiger partial charge in [-0.05, 0) is 89.5 Å². The quantitative estimate of drug-likeness (QED) is 0.269. The lowest BCUT2D eigenvalue weighted by atomic mass is 9.50. The molecule has 4 saturated carbocycles. The van der Waals surface area contributed by atoms with Crippen LogP contribution in [0.3, 0.4) is 0 Å². The molecule has 0 aromatic carbocycles. The van der Waals surface area contributed by atoms with Crippen LogP contribution in [0.4, 0.5) is 0 Å². The fraction of sp³-hybridized carbons (Fsp3) is 0.966. The van der Waals surface area contributed by atoms with Crippen molar-refractivity contribution in [1.29, 1.82) is 0 Å². The lowest BCUT2D eigenvalue weighted by molar-refractivity contribution is -0.0185. The van der Waals surface area contributed by atoms with Crippen molar-refractivity contribution in [3.8, 4) is 0 Å². The topological polar surface area (TPSA) is 9.23 Å². The van der Waals surface area contributed by atoms with E-state index in [2.05, 4.69) is 83.1 Å². The van der Waals surface area contributed by atoms with Crippen LogP contribution in [0.25, 0.3) is 0 Å². The van der Waals surface area contributed by atoms with Gasteiger partial charge in [-0.15, -0.1) is 0 Å². The second-order valence-electron chi connectivity index (χ2n) is 14.5. The molecule has 4 heteroatoms. The lowest BCUT2D eigenvalue weighted by Gasteiger charge is -2.59. The maximum atomic E-state index is 7.92. The molecule has 0 aromatic heterocycles. The summed E-state index contributed by atoms with van der Waals surface area (Å²) in [6.45, 7) is 30.3. The summed E-state index contributed by atoms with van der Waals surface area (Å²) < 4.78 is 7.92. The van der Waals surface area contributed by atoms with E-state index in [4.69, 9.17) is 4.43 Å². The smallest absolute Gasteiger partial charge is 0.257 e. The predicted octanol–water partition coefficient (Wildman–Crippen LogP) is 9.40. The fourth-order valence-electron chi connectivity index (χ4n) is 9.82. The van der Waals surface area contributed by atoms with Crippen LogP contribution in [-0.2, 0) is 4.43 Å². The molecule has 4 rings (SSSR count). The van der Waals surface area contributed by atoms with E-state index in [0.717, 1.165) is 43.0 Å². The summed E-state index contributed by atoms with van der Waals surface area (Å²) in [6.07, 6.45) is 8.95. The highest BCUT2D eigenvalue weighted by Crippen LogP contribution is 2.61. The minimum absolute atomic E-state index is 0.418. The summed E-state index contributed by atoms with van der Waals surface area (Å²) in [6, 6.07) is 0. The Morgan fingerprint density at radius 1 is 0.606 bits per heavy atom. The highest BCUT2D eigenvalue weighted by molar-refractivity contribution is 7.28. The van der Waals surface area contributed by atoms with Crippen LogP contribution in [-0.4, -0.2) is 29.9 Å². The number of hydrogen-bond donors (Lipinski definition) is 0. The molecule has 4 fully saturated rings. The molecule has 0 heterocycles. The zero-order valence-electron chi connectivity index (χ0n) is 24.3. The highest BCUT2D eigenvalue weighted by Gasteiger charge is 2.57. The first-order valence-electron chi connectivity index (χ1n) is 14.6. The fourth-order valence-corrected chi connectivity index (χ4v) is 26.7. The minimum Gasteiger partial charge on any atom is -0.550 e. The molecule has 0 unspecified atom stereocenters. The van der Waals surface area contributed by atoms with Crippen molar-refractivity contribution >= 4 is 29.9 Å². The van der Waals surface area contributed by atoms with Crippen LogP contribution in [0.2, 0.25) is 33.2 Å². The maximum Gasteiger partial charge on any atom is 0.257 e. The Hall–Kier alpha value is 0.321. The molecule has 1 nitrogen and oxygen atoms in total. The van der Waals surface area contributed by atoms with E-state index in [-0.39, 0.29) is 0 Å². The third-order valence-corrected chi connectivity index (χ3v) is 31.1. The van der Waals surface area contributed by atoms with Crippen LogP contribution in [0.1, 0.15) is 122 Å². The molecule has 4 bridgehead atoms. The van der Waals surface area contributed by atoms with E-state index in [1.165, 1.54) is 38.5 Å². The van der Waals surface area contributed by atoms with E-state index in [9.17, 15) is 0 Å². The van der Waals surface area contributed by atoms with E-state index in [0.29, 0.717) is 22.0 Å². The van der Waals surface area contributed by atoms with Gasteiger partial charge in [-0.2, -0.15) is 0 Å². The summed E-state index contributed by atoms with van der Waals surface area (Å²) in [5.74, 6) is 2.96. The van der Waals surface area contributed by atoms with Crippen molar-refractivity contribution in [1.82, 2.24) is 0 Å². The van der Waals surface area contributed by atoms with Gasteiger partial charge >= 0.3 is 0 Å². The van der Waals surface area contributed by atoms with Crippen molar-refractivity contribution < 1.29 is 4.43 Å². The third kappa shape index (κ3) is 4.72. The van der Waals surface area contributed by atoms with Crippen LogP contribution >= 0.6 is 0 Å². The second kappa shape index (κ2) is 10.00. The summed E-state index contributed by atoms with van der Waals surface area (Å²) in [7, 11) is -2.53. The summed E-state index contributed by atoms with van der Waals surface area (Å²) in [4.78, 5) is 0. The normalized spacial score (nSPS) is 30.7. The molecule has 0 N–H and O–H groups in total. The molecule has 0 spiro atoms. The van der Waals surface area contributed by atoms with Gasteiger partial charge < -0.3 is 4.43 Å². The lowest BCUT2D eigenvalue weighted by Crippen LogP contribution is -2.60. The molecule has 1 radical (unpaired) electrons. The van der Waals surface area contributed by atoms with Crippen molar-refractivity contribution in [2.75, 3.05) is 0 Å². The van der Waals surface area contributed by atoms with Gasteiger partial charge in [-0.25, -0.2) is 0 Å². The van der Waals surface area contributed by atoms with Gasteiger partial charge in [0.15, 0.2) is 0 Å². The summed E-state index contributed by atoms with van der Waals surface area (Å²) in [5, 5.41) is 1.70. The number of rotatable bonds is 10. The molecular weight excluding hydrogens is 449 g/mol. The highest BCUT2D eigenvalue weighted by atomic mass is 29.2. The zero-order chi connectivity index (χ0) is 24.9. The van der Waals surface area contributed by atoms with Crippen LogP contribution < -0.4 is 0 Å². The van der Waals surface area contributed by atoms with E-state index >= 15 is 0 Å². The first-order chi connectivity index (χ1) is 15.2. The number of hydrogen-bond acceptors (Lipinski definition) is 1. The molecule has 191 valence electrons. The van der Waals surface area contributed by atoms with Gasteiger partial charge in [0.25, 0.3) is 8.32 Å². The van der Waals surface area contributed by atoms with Crippen molar-refractivity contribution in [2.45, 2.75) is 155 Å². The Morgan fingerprint density at radius 3 is 1.21 bits per heavy atom. The SMILES string of the molecule is CC(C)[Si](OC(=[Si][Si](C(C)C)(C(C)C)C(C)C)C12CC3CC(CC(C3)C1)C2)(C(C)C)C(C)C.